The van der Waals surface area contributed by atoms with Crippen LogP contribution in [0.4, 0.5) is 5.82 Å². The summed E-state index contributed by atoms with van der Waals surface area (Å²) in [6.45, 7) is 9.70. The molecule has 0 unspecified atom stereocenters. The Kier molecular flexibility index (Phi) is 5.52. The van der Waals surface area contributed by atoms with Gasteiger partial charge in [-0.3, -0.25) is 4.99 Å². The fourth-order valence-corrected chi connectivity index (χ4v) is 3.82. The lowest BCUT2D eigenvalue weighted by molar-refractivity contribution is -0.0279. The smallest absolute Gasteiger partial charge is 0.132 e. The van der Waals surface area contributed by atoms with Gasteiger partial charge in [-0.15, -0.1) is 0 Å². The van der Waals surface area contributed by atoms with E-state index in [4.69, 9.17) is 19.2 Å². The molecule has 0 aliphatic carbocycles. The van der Waals surface area contributed by atoms with Gasteiger partial charge >= 0.3 is 0 Å². The lowest BCUT2D eigenvalue weighted by Gasteiger charge is -2.38. The summed E-state index contributed by atoms with van der Waals surface area (Å²) in [5, 5.41) is 0. The maximum atomic E-state index is 5.97. The number of hydrogen-bond acceptors (Lipinski definition) is 7. The first-order chi connectivity index (χ1) is 13.9. The van der Waals surface area contributed by atoms with Crippen LogP contribution in [-0.2, 0) is 16.0 Å². The molecule has 0 amide bonds. The Balaban J connectivity index is 1.58. The molecule has 1 atom stereocenters. The number of morpholine rings is 1. The van der Waals surface area contributed by atoms with Gasteiger partial charge in [0.25, 0.3) is 0 Å². The summed E-state index contributed by atoms with van der Waals surface area (Å²) in [6, 6.07) is 8.14. The second-order valence-electron chi connectivity index (χ2n) is 8.16. The van der Waals surface area contributed by atoms with Gasteiger partial charge in [0, 0.05) is 31.8 Å². The topological polar surface area (TPSA) is 69.1 Å². The molecule has 4 rings (SSSR count). The highest BCUT2D eigenvalue weighted by molar-refractivity contribution is 6.14. The number of fused-ring (bicyclic) bond motifs is 1. The quantitative estimate of drug-likeness (QED) is 0.748. The number of benzene rings is 1. The molecule has 1 saturated heterocycles. The number of aromatic nitrogens is 2. The average molecular weight is 396 g/mol. The van der Waals surface area contributed by atoms with Crippen LogP contribution < -0.4 is 9.64 Å². The third kappa shape index (κ3) is 4.41. The lowest BCUT2D eigenvalue weighted by Crippen LogP contribution is -2.48. The van der Waals surface area contributed by atoms with Crippen molar-refractivity contribution in [3.63, 3.8) is 0 Å². The van der Waals surface area contributed by atoms with Crippen molar-refractivity contribution in [1.82, 2.24) is 9.97 Å². The predicted octanol–water partition coefficient (Wildman–Crippen LogP) is 2.86. The number of nitrogens with zero attached hydrogens (tertiary/aromatic N) is 4. The number of ether oxygens (including phenoxy) is 3. The molecule has 2 aliphatic rings. The monoisotopic (exact) mass is 396 g/mol. The van der Waals surface area contributed by atoms with E-state index in [1.54, 1.807) is 13.4 Å². The summed E-state index contributed by atoms with van der Waals surface area (Å²) in [4.78, 5) is 16.0. The van der Waals surface area contributed by atoms with Crippen molar-refractivity contribution in [2.45, 2.75) is 39.0 Å². The number of methoxy groups -OCH3 is 1. The first kappa shape index (κ1) is 19.8. The van der Waals surface area contributed by atoms with Gasteiger partial charge in [0.15, 0.2) is 0 Å². The predicted molar refractivity (Wildman–Crippen MR) is 112 cm³/mol. The van der Waals surface area contributed by atoms with Crippen LogP contribution >= 0.6 is 0 Å². The summed E-state index contributed by atoms with van der Waals surface area (Å²) in [5.74, 6) is 1.72. The Bertz CT molecular complexity index is 913. The van der Waals surface area contributed by atoms with Crippen molar-refractivity contribution in [2.24, 2.45) is 4.99 Å². The van der Waals surface area contributed by atoms with Gasteiger partial charge < -0.3 is 19.1 Å². The zero-order valence-electron chi connectivity index (χ0n) is 17.5. The summed E-state index contributed by atoms with van der Waals surface area (Å²) in [5.41, 5.74) is 3.78. The van der Waals surface area contributed by atoms with Gasteiger partial charge in [-0.05, 0) is 38.5 Å². The highest BCUT2D eigenvalue weighted by Gasteiger charge is 2.28. The summed E-state index contributed by atoms with van der Waals surface area (Å²) >= 11 is 0. The molecule has 0 radical (unpaired) electrons. The summed E-state index contributed by atoms with van der Waals surface area (Å²) in [7, 11) is 1.68. The van der Waals surface area contributed by atoms with E-state index in [2.05, 4.69) is 34.8 Å². The maximum absolute atomic E-state index is 5.97. The van der Waals surface area contributed by atoms with Crippen LogP contribution in [0.5, 0.6) is 5.75 Å². The average Bonchev–Trinajstić information content (AvgIpc) is 3.11. The van der Waals surface area contributed by atoms with Crippen molar-refractivity contribution in [3.05, 3.63) is 47.4 Å². The summed E-state index contributed by atoms with van der Waals surface area (Å²) in [6.07, 6.45) is 1.60. The minimum absolute atomic E-state index is 0.0184. The molecule has 1 aromatic heterocycles. The van der Waals surface area contributed by atoms with Crippen LogP contribution in [0.25, 0.3) is 0 Å². The van der Waals surface area contributed by atoms with E-state index in [0.717, 1.165) is 41.6 Å². The summed E-state index contributed by atoms with van der Waals surface area (Å²) < 4.78 is 17.0. The fraction of sp³-hybridized carbons (Fsp3) is 0.500. The van der Waals surface area contributed by atoms with Gasteiger partial charge in [0.05, 0.1) is 36.8 Å². The third-order valence-corrected chi connectivity index (χ3v) is 5.13. The fourth-order valence-electron chi connectivity index (χ4n) is 3.82. The van der Waals surface area contributed by atoms with Crippen LogP contribution in [0.2, 0.25) is 0 Å². The van der Waals surface area contributed by atoms with E-state index < -0.39 is 0 Å². The van der Waals surface area contributed by atoms with Crippen LogP contribution in [0, 0.1) is 0 Å². The van der Waals surface area contributed by atoms with Crippen LogP contribution in [-0.4, -0.2) is 60.8 Å². The Labute approximate surface area is 171 Å². The lowest BCUT2D eigenvalue weighted by atomic mass is 10.0. The Morgan fingerprint density at radius 3 is 2.90 bits per heavy atom. The molecule has 0 bridgehead atoms. The molecule has 0 saturated carbocycles. The first-order valence-electron chi connectivity index (χ1n) is 10.00. The number of rotatable bonds is 6. The molecule has 0 spiro atoms. The molecule has 7 heteroatoms. The van der Waals surface area contributed by atoms with Gasteiger partial charge in [-0.25, -0.2) is 9.97 Å². The number of aliphatic imine (C=N–C) groups is 1. The highest BCUT2D eigenvalue weighted by atomic mass is 16.5. The van der Waals surface area contributed by atoms with Crippen LogP contribution in [0.15, 0.2) is 35.6 Å². The zero-order valence-corrected chi connectivity index (χ0v) is 17.5. The van der Waals surface area contributed by atoms with E-state index >= 15 is 0 Å². The largest absolute Gasteiger partial charge is 0.488 e. The third-order valence-electron chi connectivity index (χ3n) is 5.13. The van der Waals surface area contributed by atoms with E-state index in [1.807, 2.05) is 25.1 Å². The molecule has 154 valence electrons. The zero-order chi connectivity index (χ0) is 20.4. The molecule has 29 heavy (non-hydrogen) atoms. The normalized spacial score (nSPS) is 18.9. The van der Waals surface area contributed by atoms with Crippen LogP contribution in [0.1, 0.15) is 37.6 Å². The molecule has 2 aliphatic heterocycles. The van der Waals surface area contributed by atoms with E-state index in [0.29, 0.717) is 19.8 Å². The molecule has 1 fully saturated rings. The van der Waals surface area contributed by atoms with Gasteiger partial charge in [-0.1, -0.05) is 6.07 Å². The maximum Gasteiger partial charge on any atom is 0.132 e. The molecule has 2 aromatic rings. The standard InChI is InChI=1S/C22H28N4O3/c1-15(12-27-4)29-17-6-5-16-11-23-21(18(16)9-17)19-10-20(25-14-24-19)26-7-8-28-22(2,3)13-26/h5-6,9-10,14-15H,7-8,11-13H2,1-4H3/t15-/m0/s1. The van der Waals surface area contributed by atoms with Gasteiger partial charge in [-0.2, -0.15) is 0 Å². The number of anilines is 1. The highest BCUT2D eigenvalue weighted by Crippen LogP contribution is 2.28. The Hall–Kier alpha value is -2.51. The molecular formula is C22H28N4O3. The van der Waals surface area contributed by atoms with Crippen molar-refractivity contribution >= 4 is 11.5 Å². The molecule has 3 heterocycles. The molecule has 1 aromatic carbocycles. The van der Waals surface area contributed by atoms with E-state index in [9.17, 15) is 0 Å². The van der Waals surface area contributed by atoms with Crippen molar-refractivity contribution in [2.75, 3.05) is 38.3 Å². The van der Waals surface area contributed by atoms with Gasteiger partial charge in [0.1, 0.15) is 24.0 Å². The van der Waals surface area contributed by atoms with Crippen LogP contribution in [0.3, 0.4) is 0 Å². The van der Waals surface area contributed by atoms with E-state index in [1.165, 1.54) is 5.56 Å². The van der Waals surface area contributed by atoms with Crippen molar-refractivity contribution < 1.29 is 14.2 Å². The second kappa shape index (κ2) is 8.08. The molecule has 0 N–H and O–H groups in total. The minimum Gasteiger partial charge on any atom is -0.488 e. The second-order valence-corrected chi connectivity index (χ2v) is 8.16. The van der Waals surface area contributed by atoms with Gasteiger partial charge in [0.2, 0.25) is 0 Å². The van der Waals surface area contributed by atoms with E-state index in [-0.39, 0.29) is 11.7 Å². The minimum atomic E-state index is -0.189. The van der Waals surface area contributed by atoms with Crippen molar-refractivity contribution in [1.29, 1.82) is 0 Å². The Morgan fingerprint density at radius 2 is 2.10 bits per heavy atom. The Morgan fingerprint density at radius 1 is 1.24 bits per heavy atom. The molecular weight excluding hydrogens is 368 g/mol. The first-order valence-corrected chi connectivity index (χ1v) is 10.00. The number of hydrogen-bond donors (Lipinski definition) is 0. The SMILES string of the molecule is COC[C@H](C)Oc1ccc2c(c1)C(c1cc(N3CCOC(C)(C)C3)ncn1)=NC2. The van der Waals surface area contributed by atoms with Crippen molar-refractivity contribution in [3.8, 4) is 5.75 Å². The molecule has 7 nitrogen and oxygen atoms in total.